The normalized spacial score (nSPS) is 47.8. The van der Waals surface area contributed by atoms with Gasteiger partial charge in [-0.1, -0.05) is 37.1 Å². The zero-order valence-electron chi connectivity index (χ0n) is 13.9. The predicted octanol–water partition coefficient (Wildman–Crippen LogP) is 4.97. The van der Waals surface area contributed by atoms with Crippen LogP contribution in [0.2, 0.25) is 0 Å². The van der Waals surface area contributed by atoms with Crippen LogP contribution in [0.3, 0.4) is 0 Å². The van der Waals surface area contributed by atoms with Crippen LogP contribution in [0.1, 0.15) is 57.8 Å². The Balaban J connectivity index is 1.62. The molecule has 7 unspecified atom stereocenters. The molecule has 0 aromatic rings. The summed E-state index contributed by atoms with van der Waals surface area (Å²) in [5, 5.41) is 10.0. The largest absolute Gasteiger partial charge is 0.396 e. The molecule has 22 heavy (non-hydrogen) atoms. The number of hydrogen-bond donors (Lipinski definition) is 1. The fourth-order valence-electron chi connectivity index (χ4n) is 6.48. The van der Waals surface area contributed by atoms with Gasteiger partial charge in [0.25, 0.3) is 0 Å². The molecule has 4 rings (SSSR count). The third-order valence-electron chi connectivity index (χ3n) is 7.50. The molecule has 4 aliphatic carbocycles. The van der Waals surface area contributed by atoms with Crippen LogP contribution in [-0.4, -0.2) is 11.7 Å². The summed E-state index contributed by atoms with van der Waals surface area (Å²) in [6.45, 7) is 0.416. The Morgan fingerprint density at radius 2 is 1.55 bits per heavy atom. The van der Waals surface area contributed by atoms with Crippen LogP contribution < -0.4 is 0 Å². The SMILES string of the molecule is OCC1CCC2CC=CCC2C1C1C=CCC2CCCCC21. The predicted molar refractivity (Wildman–Crippen MR) is 91.3 cm³/mol. The van der Waals surface area contributed by atoms with Gasteiger partial charge in [-0.2, -0.15) is 0 Å². The first-order valence-corrected chi connectivity index (χ1v) is 9.81. The summed E-state index contributed by atoms with van der Waals surface area (Å²) >= 11 is 0. The second kappa shape index (κ2) is 6.51. The quantitative estimate of drug-likeness (QED) is 0.714. The summed E-state index contributed by atoms with van der Waals surface area (Å²) in [7, 11) is 0. The monoisotopic (exact) mass is 300 g/mol. The number of allylic oxidation sites excluding steroid dienone is 4. The van der Waals surface area contributed by atoms with Crippen molar-refractivity contribution in [2.75, 3.05) is 6.61 Å². The lowest BCUT2D eigenvalue weighted by Crippen LogP contribution is -2.45. The fraction of sp³-hybridized carbons (Fsp3) is 0.810. The van der Waals surface area contributed by atoms with E-state index in [-0.39, 0.29) is 0 Å². The lowest BCUT2D eigenvalue weighted by molar-refractivity contribution is -0.0111. The molecule has 0 aromatic carbocycles. The molecule has 2 fully saturated rings. The highest BCUT2D eigenvalue weighted by Crippen LogP contribution is 2.53. The molecule has 2 saturated carbocycles. The van der Waals surface area contributed by atoms with Gasteiger partial charge in [0.1, 0.15) is 0 Å². The molecule has 1 nitrogen and oxygen atoms in total. The van der Waals surface area contributed by atoms with E-state index in [4.69, 9.17) is 0 Å². The van der Waals surface area contributed by atoms with Gasteiger partial charge in [0, 0.05) is 6.61 Å². The van der Waals surface area contributed by atoms with Crippen LogP contribution in [0.4, 0.5) is 0 Å². The highest BCUT2D eigenvalue weighted by atomic mass is 16.3. The molecule has 1 N–H and O–H groups in total. The zero-order valence-corrected chi connectivity index (χ0v) is 13.9. The van der Waals surface area contributed by atoms with Gasteiger partial charge >= 0.3 is 0 Å². The van der Waals surface area contributed by atoms with E-state index in [2.05, 4.69) is 24.3 Å². The van der Waals surface area contributed by atoms with Gasteiger partial charge in [-0.05, 0) is 86.4 Å². The van der Waals surface area contributed by atoms with Crippen LogP contribution in [0.15, 0.2) is 24.3 Å². The minimum absolute atomic E-state index is 0.416. The molecule has 0 bridgehead atoms. The maximum Gasteiger partial charge on any atom is 0.0462 e. The summed E-state index contributed by atoms with van der Waals surface area (Å²) in [5.74, 6) is 5.67. The van der Waals surface area contributed by atoms with Gasteiger partial charge in [-0.25, -0.2) is 0 Å². The Bertz CT molecular complexity index is 437. The highest BCUT2D eigenvalue weighted by molar-refractivity contribution is 5.09. The zero-order chi connectivity index (χ0) is 14.9. The molecule has 122 valence electrons. The minimum Gasteiger partial charge on any atom is -0.396 e. The van der Waals surface area contributed by atoms with E-state index in [1.165, 1.54) is 57.8 Å². The first-order chi connectivity index (χ1) is 10.9. The third kappa shape index (κ3) is 2.60. The molecule has 4 aliphatic rings. The molecular weight excluding hydrogens is 268 g/mol. The number of aliphatic hydroxyl groups excluding tert-OH is 1. The van der Waals surface area contributed by atoms with Crippen LogP contribution >= 0.6 is 0 Å². The van der Waals surface area contributed by atoms with Gasteiger partial charge in [-0.3, -0.25) is 0 Å². The number of hydrogen-bond acceptors (Lipinski definition) is 1. The van der Waals surface area contributed by atoms with Crippen molar-refractivity contribution in [1.29, 1.82) is 0 Å². The van der Waals surface area contributed by atoms with Gasteiger partial charge in [0.15, 0.2) is 0 Å². The van der Waals surface area contributed by atoms with Crippen molar-refractivity contribution >= 4 is 0 Å². The Hall–Kier alpha value is -0.560. The average Bonchev–Trinajstić information content (AvgIpc) is 2.60. The Morgan fingerprint density at radius 3 is 2.45 bits per heavy atom. The van der Waals surface area contributed by atoms with Crippen molar-refractivity contribution in [3.63, 3.8) is 0 Å². The lowest BCUT2D eigenvalue weighted by Gasteiger charge is -2.51. The molecule has 0 radical (unpaired) electrons. The van der Waals surface area contributed by atoms with Crippen molar-refractivity contribution < 1.29 is 5.11 Å². The van der Waals surface area contributed by atoms with Gasteiger partial charge in [0.05, 0.1) is 0 Å². The van der Waals surface area contributed by atoms with E-state index in [1.807, 2.05) is 0 Å². The molecule has 0 amide bonds. The number of aliphatic hydroxyl groups is 1. The third-order valence-corrected chi connectivity index (χ3v) is 7.50. The van der Waals surface area contributed by atoms with Crippen LogP contribution in [0.25, 0.3) is 0 Å². The summed E-state index contributed by atoms with van der Waals surface area (Å²) in [5.41, 5.74) is 0. The van der Waals surface area contributed by atoms with E-state index >= 15 is 0 Å². The summed E-state index contributed by atoms with van der Waals surface area (Å²) in [6.07, 6.45) is 22.2. The average molecular weight is 300 g/mol. The van der Waals surface area contributed by atoms with Crippen molar-refractivity contribution in [2.45, 2.75) is 57.8 Å². The smallest absolute Gasteiger partial charge is 0.0462 e. The van der Waals surface area contributed by atoms with Crippen LogP contribution in [0, 0.1) is 41.4 Å². The lowest BCUT2D eigenvalue weighted by atomic mass is 9.54. The summed E-state index contributed by atoms with van der Waals surface area (Å²) < 4.78 is 0. The second-order valence-electron chi connectivity index (χ2n) is 8.41. The summed E-state index contributed by atoms with van der Waals surface area (Å²) in [6, 6.07) is 0. The Labute approximate surface area is 135 Å². The van der Waals surface area contributed by atoms with Gasteiger partial charge < -0.3 is 5.11 Å². The topological polar surface area (TPSA) is 20.2 Å². The number of fused-ring (bicyclic) bond motifs is 2. The molecule has 0 spiro atoms. The number of rotatable bonds is 2. The maximum absolute atomic E-state index is 10.0. The van der Waals surface area contributed by atoms with Crippen molar-refractivity contribution in [3.8, 4) is 0 Å². The highest BCUT2D eigenvalue weighted by Gasteiger charge is 2.46. The van der Waals surface area contributed by atoms with Gasteiger partial charge in [0.2, 0.25) is 0 Å². The van der Waals surface area contributed by atoms with Crippen molar-refractivity contribution in [1.82, 2.24) is 0 Å². The molecule has 0 aromatic heterocycles. The molecular formula is C21H32O. The molecule has 1 heteroatoms. The second-order valence-corrected chi connectivity index (χ2v) is 8.41. The first-order valence-electron chi connectivity index (χ1n) is 9.81. The van der Waals surface area contributed by atoms with Gasteiger partial charge in [-0.15, -0.1) is 0 Å². The van der Waals surface area contributed by atoms with E-state index in [9.17, 15) is 5.11 Å². The maximum atomic E-state index is 10.0. The molecule has 0 saturated heterocycles. The van der Waals surface area contributed by atoms with Crippen LogP contribution in [-0.2, 0) is 0 Å². The molecule has 0 heterocycles. The molecule has 0 aliphatic heterocycles. The fourth-order valence-corrected chi connectivity index (χ4v) is 6.48. The van der Waals surface area contributed by atoms with E-state index in [0.717, 1.165) is 35.5 Å². The van der Waals surface area contributed by atoms with Crippen molar-refractivity contribution in [3.05, 3.63) is 24.3 Å². The summed E-state index contributed by atoms with van der Waals surface area (Å²) in [4.78, 5) is 0. The van der Waals surface area contributed by atoms with Crippen LogP contribution in [0.5, 0.6) is 0 Å². The first kappa shape index (κ1) is 15.0. The standard InChI is InChI=1S/C21H32O/c22-14-17-13-12-16-7-2-4-10-19(16)21(17)20-11-5-8-15-6-1-3-9-18(15)20/h2,4-5,11,15-22H,1,3,6-10,12-14H2. The van der Waals surface area contributed by atoms with E-state index in [0.29, 0.717) is 12.5 Å². The Morgan fingerprint density at radius 1 is 0.773 bits per heavy atom. The Kier molecular flexibility index (Phi) is 4.44. The van der Waals surface area contributed by atoms with Crippen molar-refractivity contribution in [2.24, 2.45) is 41.4 Å². The van der Waals surface area contributed by atoms with E-state index in [1.54, 1.807) is 0 Å². The molecule has 7 atom stereocenters. The minimum atomic E-state index is 0.416. The van der Waals surface area contributed by atoms with E-state index < -0.39 is 0 Å².